The Kier molecular flexibility index (Phi) is 6.13. The molecule has 1 unspecified atom stereocenters. The molecule has 0 spiro atoms. The van der Waals surface area contributed by atoms with Crippen LogP contribution >= 0.6 is 11.8 Å². The molecule has 1 heterocycles. The Morgan fingerprint density at radius 2 is 1.55 bits per heavy atom. The Morgan fingerprint density at radius 1 is 0.935 bits per heavy atom. The van der Waals surface area contributed by atoms with Crippen LogP contribution in [0.3, 0.4) is 0 Å². The minimum atomic E-state index is -0.391. The van der Waals surface area contributed by atoms with Gasteiger partial charge in [-0.2, -0.15) is 0 Å². The van der Waals surface area contributed by atoms with Crippen LogP contribution < -0.4 is 4.90 Å². The van der Waals surface area contributed by atoms with E-state index in [9.17, 15) is 9.18 Å². The molecule has 0 saturated carbocycles. The third-order valence-electron chi connectivity index (χ3n) is 4.85. The Balaban J connectivity index is 1.67. The lowest BCUT2D eigenvalue weighted by atomic mass is 10.2. The molecule has 5 nitrogen and oxygen atoms in total. The average Bonchev–Trinajstić information content (AvgIpc) is 3.23. The van der Waals surface area contributed by atoms with Gasteiger partial charge in [0.2, 0.25) is 5.91 Å². The summed E-state index contributed by atoms with van der Waals surface area (Å²) in [4.78, 5) is 14.7. The summed E-state index contributed by atoms with van der Waals surface area (Å²) in [5.41, 5.74) is 2.44. The summed E-state index contributed by atoms with van der Waals surface area (Å²) in [5, 5.41) is 8.91. The third kappa shape index (κ3) is 4.51. The number of halogens is 1. The number of aromatic nitrogens is 3. The molecule has 0 aliphatic carbocycles. The van der Waals surface area contributed by atoms with Gasteiger partial charge in [0.25, 0.3) is 0 Å². The van der Waals surface area contributed by atoms with Crippen molar-refractivity contribution in [3.8, 4) is 17.1 Å². The first kappa shape index (κ1) is 20.8. The van der Waals surface area contributed by atoms with Gasteiger partial charge in [0.15, 0.2) is 11.0 Å². The van der Waals surface area contributed by atoms with Gasteiger partial charge >= 0.3 is 0 Å². The second-order valence-corrected chi connectivity index (χ2v) is 8.28. The molecule has 0 aliphatic rings. The van der Waals surface area contributed by atoms with E-state index in [0.717, 1.165) is 16.9 Å². The molecule has 0 aliphatic heterocycles. The van der Waals surface area contributed by atoms with E-state index in [1.54, 1.807) is 24.1 Å². The van der Waals surface area contributed by atoms with Crippen LogP contribution in [-0.2, 0) is 4.79 Å². The summed E-state index contributed by atoms with van der Waals surface area (Å²) in [5.74, 6) is 0.235. The summed E-state index contributed by atoms with van der Waals surface area (Å²) < 4.78 is 15.3. The number of benzene rings is 3. The number of hydrogen-bond acceptors (Lipinski definition) is 4. The lowest BCUT2D eigenvalue weighted by Gasteiger charge is -2.21. The molecule has 0 fully saturated rings. The normalized spacial score (nSPS) is 11.8. The highest BCUT2D eigenvalue weighted by Gasteiger charge is 2.24. The Hall–Kier alpha value is -3.45. The van der Waals surface area contributed by atoms with E-state index in [-0.39, 0.29) is 11.7 Å². The quantitative estimate of drug-likeness (QED) is 0.392. The minimum Gasteiger partial charge on any atom is -0.315 e. The predicted molar refractivity (Wildman–Crippen MR) is 122 cm³/mol. The van der Waals surface area contributed by atoms with Crippen molar-refractivity contribution in [3.63, 3.8) is 0 Å². The number of carbonyl (C=O) groups is 1. The van der Waals surface area contributed by atoms with Crippen molar-refractivity contribution in [2.45, 2.75) is 17.3 Å². The van der Waals surface area contributed by atoms with Crippen LogP contribution in [0.1, 0.15) is 6.92 Å². The molecular weight excluding hydrogens is 411 g/mol. The smallest absolute Gasteiger partial charge is 0.240 e. The number of anilines is 1. The zero-order valence-electron chi connectivity index (χ0n) is 17.1. The van der Waals surface area contributed by atoms with Crippen molar-refractivity contribution >= 4 is 23.4 Å². The molecule has 4 aromatic rings. The van der Waals surface area contributed by atoms with Gasteiger partial charge < -0.3 is 4.90 Å². The summed E-state index contributed by atoms with van der Waals surface area (Å²) in [7, 11) is 1.76. The molecule has 7 heteroatoms. The standard InChI is InChI=1S/C24H21FN4OS/c1-17(23(30)28(2)20-9-5-3-6-10-20)31-24-27-26-22(18-13-15-19(25)16-14-18)29(24)21-11-7-4-8-12-21/h3-17H,1-2H3. The van der Waals surface area contributed by atoms with Crippen LogP contribution in [0.15, 0.2) is 90.1 Å². The monoisotopic (exact) mass is 432 g/mol. The third-order valence-corrected chi connectivity index (χ3v) is 5.88. The average molecular weight is 433 g/mol. The molecule has 4 rings (SSSR count). The van der Waals surface area contributed by atoms with Gasteiger partial charge in [-0.1, -0.05) is 48.2 Å². The van der Waals surface area contributed by atoms with E-state index < -0.39 is 5.25 Å². The van der Waals surface area contributed by atoms with E-state index >= 15 is 0 Å². The minimum absolute atomic E-state index is 0.0397. The maximum atomic E-state index is 13.4. The zero-order valence-corrected chi connectivity index (χ0v) is 18.0. The Labute approximate surface area is 184 Å². The molecule has 0 saturated heterocycles. The second kappa shape index (κ2) is 9.14. The largest absolute Gasteiger partial charge is 0.315 e. The van der Waals surface area contributed by atoms with Gasteiger partial charge in [0.05, 0.1) is 5.25 Å². The molecule has 0 bridgehead atoms. The van der Waals surface area contributed by atoms with Crippen LogP contribution in [0.5, 0.6) is 0 Å². The number of carbonyl (C=O) groups excluding carboxylic acids is 1. The first-order valence-electron chi connectivity index (χ1n) is 9.80. The fourth-order valence-corrected chi connectivity index (χ4v) is 4.16. The van der Waals surface area contributed by atoms with E-state index in [0.29, 0.717) is 11.0 Å². The topological polar surface area (TPSA) is 51.0 Å². The van der Waals surface area contributed by atoms with Gasteiger partial charge in [0, 0.05) is 24.0 Å². The van der Waals surface area contributed by atoms with Gasteiger partial charge in [-0.05, 0) is 55.5 Å². The van der Waals surface area contributed by atoms with Crippen LogP contribution in [0, 0.1) is 5.82 Å². The first-order chi connectivity index (χ1) is 15.0. The zero-order chi connectivity index (χ0) is 21.8. The van der Waals surface area contributed by atoms with Crippen molar-refractivity contribution in [2.75, 3.05) is 11.9 Å². The highest BCUT2D eigenvalue weighted by Crippen LogP contribution is 2.31. The van der Waals surface area contributed by atoms with E-state index in [1.807, 2.05) is 72.2 Å². The molecular formula is C24H21FN4OS. The SMILES string of the molecule is CC(Sc1nnc(-c2ccc(F)cc2)n1-c1ccccc1)C(=O)N(C)c1ccccc1. The Bertz CT molecular complexity index is 1160. The van der Waals surface area contributed by atoms with Gasteiger partial charge in [-0.3, -0.25) is 9.36 Å². The van der Waals surface area contributed by atoms with Crippen molar-refractivity contribution in [1.29, 1.82) is 0 Å². The van der Waals surface area contributed by atoms with E-state index in [4.69, 9.17) is 0 Å². The van der Waals surface area contributed by atoms with E-state index in [1.165, 1.54) is 23.9 Å². The lowest BCUT2D eigenvalue weighted by molar-refractivity contribution is -0.117. The maximum absolute atomic E-state index is 13.4. The molecule has 156 valence electrons. The summed E-state index contributed by atoms with van der Waals surface area (Å²) in [6.45, 7) is 1.86. The number of amides is 1. The van der Waals surface area contributed by atoms with Gasteiger partial charge in [0.1, 0.15) is 5.82 Å². The number of nitrogens with zero attached hydrogens (tertiary/aromatic N) is 4. The number of hydrogen-bond donors (Lipinski definition) is 0. The molecule has 1 aromatic heterocycles. The number of thioether (sulfide) groups is 1. The Morgan fingerprint density at radius 3 is 2.19 bits per heavy atom. The number of rotatable bonds is 6. The fourth-order valence-electron chi connectivity index (χ4n) is 3.20. The molecule has 0 N–H and O–H groups in total. The first-order valence-corrected chi connectivity index (χ1v) is 10.7. The molecule has 31 heavy (non-hydrogen) atoms. The summed E-state index contributed by atoms with van der Waals surface area (Å²) >= 11 is 1.34. The van der Waals surface area contributed by atoms with Crippen molar-refractivity contribution in [3.05, 3.63) is 90.7 Å². The molecule has 3 aromatic carbocycles. The van der Waals surface area contributed by atoms with Crippen molar-refractivity contribution < 1.29 is 9.18 Å². The molecule has 1 atom stereocenters. The highest BCUT2D eigenvalue weighted by molar-refractivity contribution is 8.00. The van der Waals surface area contributed by atoms with E-state index in [2.05, 4.69) is 10.2 Å². The van der Waals surface area contributed by atoms with Crippen molar-refractivity contribution in [1.82, 2.24) is 14.8 Å². The van der Waals surface area contributed by atoms with Crippen molar-refractivity contribution in [2.24, 2.45) is 0 Å². The van der Waals surface area contributed by atoms with Crippen LogP contribution in [0.25, 0.3) is 17.1 Å². The fraction of sp³-hybridized carbons (Fsp3) is 0.125. The summed E-state index contributed by atoms with van der Waals surface area (Å²) in [6.07, 6.45) is 0. The second-order valence-electron chi connectivity index (χ2n) is 6.98. The highest BCUT2D eigenvalue weighted by atomic mass is 32.2. The summed E-state index contributed by atoms with van der Waals surface area (Å²) in [6, 6.07) is 25.3. The molecule has 0 radical (unpaired) electrons. The van der Waals surface area contributed by atoms with Crippen LogP contribution in [0.4, 0.5) is 10.1 Å². The lowest BCUT2D eigenvalue weighted by Crippen LogP contribution is -2.33. The van der Waals surface area contributed by atoms with Crippen LogP contribution in [-0.4, -0.2) is 33.0 Å². The number of para-hydroxylation sites is 2. The van der Waals surface area contributed by atoms with Gasteiger partial charge in [-0.25, -0.2) is 4.39 Å². The predicted octanol–water partition coefficient (Wildman–Crippen LogP) is 5.22. The van der Waals surface area contributed by atoms with Crippen LogP contribution in [0.2, 0.25) is 0 Å². The maximum Gasteiger partial charge on any atom is 0.240 e. The van der Waals surface area contributed by atoms with Gasteiger partial charge in [-0.15, -0.1) is 10.2 Å². The molecule has 1 amide bonds.